The maximum absolute atomic E-state index is 13.0. The van der Waals surface area contributed by atoms with Crippen molar-refractivity contribution in [3.05, 3.63) is 53.7 Å². The summed E-state index contributed by atoms with van der Waals surface area (Å²) >= 11 is 0. The van der Waals surface area contributed by atoms with Crippen molar-refractivity contribution in [2.24, 2.45) is 0 Å². The lowest BCUT2D eigenvalue weighted by Crippen LogP contribution is -2.24. The molecule has 0 saturated heterocycles. The fourth-order valence-corrected chi connectivity index (χ4v) is 2.52. The molecule has 0 unspecified atom stereocenters. The van der Waals surface area contributed by atoms with E-state index in [1.165, 1.54) is 12.1 Å². The van der Waals surface area contributed by atoms with Gasteiger partial charge in [0.1, 0.15) is 11.5 Å². The van der Waals surface area contributed by atoms with Gasteiger partial charge in [0.05, 0.1) is 18.3 Å². The zero-order chi connectivity index (χ0) is 24.9. The van der Waals surface area contributed by atoms with Gasteiger partial charge < -0.3 is 26.2 Å². The number of nitrogens with zero attached hydrogens (tertiary/aromatic N) is 4. The molecule has 3 aromatic rings. The van der Waals surface area contributed by atoms with Gasteiger partial charge in [-0.2, -0.15) is 41.3 Å². The average Bonchev–Trinajstić information content (AvgIpc) is 2.76. The van der Waals surface area contributed by atoms with Crippen molar-refractivity contribution in [2.75, 3.05) is 29.1 Å². The van der Waals surface area contributed by atoms with Crippen molar-refractivity contribution in [3.63, 3.8) is 0 Å². The van der Waals surface area contributed by atoms with Crippen molar-refractivity contribution < 1.29 is 36.6 Å². The molecule has 182 valence electrons. The van der Waals surface area contributed by atoms with Crippen molar-refractivity contribution in [1.82, 2.24) is 19.9 Å². The van der Waals surface area contributed by atoms with Crippen LogP contribution in [0.3, 0.4) is 0 Å². The molecule has 0 aliphatic carbocycles. The molecular weight excluding hydrogens is 472 g/mol. The van der Waals surface area contributed by atoms with E-state index >= 15 is 0 Å². The van der Waals surface area contributed by atoms with Crippen molar-refractivity contribution in [2.45, 2.75) is 18.5 Å². The van der Waals surface area contributed by atoms with Gasteiger partial charge in [-0.05, 0) is 30.3 Å². The Hall–Kier alpha value is -3.72. The second-order valence-corrected chi connectivity index (χ2v) is 6.76. The Morgan fingerprint density at radius 3 is 2.09 bits per heavy atom. The van der Waals surface area contributed by atoms with Crippen LogP contribution in [-0.2, 0) is 12.4 Å². The van der Waals surface area contributed by atoms with E-state index in [0.29, 0.717) is 0 Å². The molecule has 1 aromatic carbocycles. The van der Waals surface area contributed by atoms with Crippen LogP contribution >= 0.6 is 0 Å². The van der Waals surface area contributed by atoms with Gasteiger partial charge in [-0.15, -0.1) is 0 Å². The van der Waals surface area contributed by atoms with E-state index < -0.39 is 36.3 Å². The van der Waals surface area contributed by atoms with Gasteiger partial charge in [0.15, 0.2) is 0 Å². The number of anilines is 5. The number of nitrogens with one attached hydrogen (secondary N) is 3. The first kappa shape index (κ1) is 24.9. The average molecular weight is 489 g/mol. The maximum atomic E-state index is 13.0. The molecule has 0 fully saturated rings. The third kappa shape index (κ3) is 6.89. The van der Waals surface area contributed by atoms with Gasteiger partial charge in [0.2, 0.25) is 17.8 Å². The first-order chi connectivity index (χ1) is 15.9. The summed E-state index contributed by atoms with van der Waals surface area (Å²) in [6, 6.07) is 7.27. The Morgan fingerprint density at radius 1 is 0.794 bits per heavy atom. The lowest BCUT2D eigenvalue weighted by atomic mass is 10.2. The fourth-order valence-electron chi connectivity index (χ4n) is 2.52. The van der Waals surface area contributed by atoms with Gasteiger partial charge in [0.25, 0.3) is 0 Å². The predicted molar refractivity (Wildman–Crippen MR) is 109 cm³/mol. The molecule has 0 amide bonds. The molecule has 34 heavy (non-hydrogen) atoms. The number of pyridine rings is 1. The molecule has 2 aromatic heterocycles. The third-order valence-electron chi connectivity index (χ3n) is 4.07. The van der Waals surface area contributed by atoms with Crippen molar-refractivity contribution in [3.8, 4) is 0 Å². The van der Waals surface area contributed by atoms with Gasteiger partial charge in [0, 0.05) is 12.2 Å². The van der Waals surface area contributed by atoms with Crippen LogP contribution in [0.4, 0.5) is 55.7 Å². The Morgan fingerprint density at radius 2 is 1.44 bits per heavy atom. The van der Waals surface area contributed by atoms with Crippen molar-refractivity contribution in [1.29, 1.82) is 0 Å². The summed E-state index contributed by atoms with van der Waals surface area (Å²) in [7, 11) is 0. The number of aliphatic hydroxyl groups excluding tert-OH is 2. The predicted octanol–water partition coefficient (Wildman–Crippen LogP) is 3.56. The summed E-state index contributed by atoms with van der Waals surface area (Å²) in [6.07, 6.45) is -10.5. The molecule has 15 heteroatoms. The maximum Gasteiger partial charge on any atom is 0.433 e. The standard InChI is InChI=1S/C19H17F6N7O2/c20-18(21,22)10-3-1-4-11(7-10)27-16-30-15(26-8-12(34)9-33)31-17(32-16)29-14-6-2-5-13(28-14)19(23,24)25/h1-7,12,33-34H,8-9H2,(H3,26,27,28,29,30,31,32)/t12-/m1/s1. The molecule has 0 radical (unpaired) electrons. The first-order valence-corrected chi connectivity index (χ1v) is 9.48. The summed E-state index contributed by atoms with van der Waals surface area (Å²) in [5.41, 5.74) is -2.12. The number of alkyl halides is 6. The number of rotatable bonds is 8. The van der Waals surface area contributed by atoms with E-state index in [0.717, 1.165) is 30.3 Å². The molecule has 5 N–H and O–H groups in total. The van der Waals surface area contributed by atoms with Gasteiger partial charge in [-0.3, -0.25) is 0 Å². The van der Waals surface area contributed by atoms with Gasteiger partial charge >= 0.3 is 12.4 Å². The monoisotopic (exact) mass is 489 g/mol. The molecule has 3 rings (SSSR count). The molecule has 0 saturated carbocycles. The van der Waals surface area contributed by atoms with E-state index in [1.807, 2.05) is 0 Å². The molecule has 0 aliphatic rings. The highest BCUT2D eigenvalue weighted by atomic mass is 19.4. The van der Waals surface area contributed by atoms with Crippen LogP contribution in [0.2, 0.25) is 0 Å². The molecule has 2 heterocycles. The third-order valence-corrected chi connectivity index (χ3v) is 4.07. The van der Waals surface area contributed by atoms with E-state index in [4.69, 9.17) is 5.11 Å². The lowest BCUT2D eigenvalue weighted by molar-refractivity contribution is -0.141. The smallest absolute Gasteiger partial charge is 0.394 e. The van der Waals surface area contributed by atoms with Crippen LogP contribution < -0.4 is 16.0 Å². The normalized spacial score (nSPS) is 12.8. The van der Waals surface area contributed by atoms with Crippen LogP contribution in [0, 0.1) is 0 Å². The molecule has 9 nitrogen and oxygen atoms in total. The number of hydrogen-bond acceptors (Lipinski definition) is 9. The van der Waals surface area contributed by atoms with E-state index in [2.05, 4.69) is 35.9 Å². The van der Waals surface area contributed by atoms with Gasteiger partial charge in [-0.1, -0.05) is 12.1 Å². The summed E-state index contributed by atoms with van der Waals surface area (Å²) < 4.78 is 77.7. The molecule has 1 atom stereocenters. The van der Waals surface area contributed by atoms with Gasteiger partial charge in [-0.25, -0.2) is 4.98 Å². The number of hydrogen-bond donors (Lipinski definition) is 5. The minimum Gasteiger partial charge on any atom is -0.394 e. The van der Waals surface area contributed by atoms with Crippen LogP contribution in [0.1, 0.15) is 11.3 Å². The van der Waals surface area contributed by atoms with Crippen LogP contribution in [-0.4, -0.2) is 49.4 Å². The molecular formula is C19H17F6N7O2. The van der Waals surface area contributed by atoms with Crippen molar-refractivity contribution >= 4 is 29.4 Å². The topological polar surface area (TPSA) is 128 Å². The summed E-state index contributed by atoms with van der Waals surface area (Å²) in [4.78, 5) is 15.3. The van der Waals surface area contributed by atoms with E-state index in [1.54, 1.807) is 0 Å². The highest BCUT2D eigenvalue weighted by Crippen LogP contribution is 2.31. The zero-order valence-electron chi connectivity index (χ0n) is 17.0. The zero-order valence-corrected chi connectivity index (χ0v) is 17.0. The highest BCUT2D eigenvalue weighted by Gasteiger charge is 2.32. The number of aromatic nitrogens is 4. The Bertz CT molecular complexity index is 1050. The quantitative estimate of drug-likeness (QED) is 0.302. The molecule has 0 aliphatic heterocycles. The summed E-state index contributed by atoms with van der Waals surface area (Å²) in [6.45, 7) is -0.780. The first-order valence-electron chi connectivity index (χ1n) is 9.48. The van der Waals surface area contributed by atoms with Crippen LogP contribution in [0.5, 0.6) is 0 Å². The lowest BCUT2D eigenvalue weighted by Gasteiger charge is -2.14. The summed E-state index contributed by atoms with van der Waals surface area (Å²) in [5, 5.41) is 26.1. The van der Waals surface area contributed by atoms with E-state index in [9.17, 15) is 31.4 Å². The fraction of sp³-hybridized carbons (Fsp3) is 0.263. The number of aliphatic hydroxyl groups is 2. The van der Waals surface area contributed by atoms with E-state index in [-0.39, 0.29) is 35.9 Å². The number of halogens is 6. The minimum atomic E-state index is -4.69. The summed E-state index contributed by atoms with van der Waals surface area (Å²) in [5.74, 6) is -0.999. The Kier molecular flexibility index (Phi) is 7.36. The second-order valence-electron chi connectivity index (χ2n) is 6.76. The largest absolute Gasteiger partial charge is 0.433 e. The Balaban J connectivity index is 1.91. The number of benzene rings is 1. The molecule has 0 bridgehead atoms. The SMILES string of the molecule is OC[C@H](O)CNc1nc(Nc2cccc(C(F)(F)F)c2)nc(Nc2cccc(C(F)(F)F)n2)n1. The second kappa shape index (κ2) is 10.0. The minimum absolute atomic E-state index is 0.0227. The van der Waals surface area contributed by atoms with Crippen LogP contribution in [0.15, 0.2) is 42.5 Å². The van der Waals surface area contributed by atoms with Crippen LogP contribution in [0.25, 0.3) is 0 Å². The Labute approximate surface area is 187 Å². The molecule has 0 spiro atoms. The highest BCUT2D eigenvalue weighted by molar-refractivity contribution is 5.58.